The van der Waals surface area contributed by atoms with Crippen molar-refractivity contribution in [3.8, 4) is 0 Å². The van der Waals surface area contributed by atoms with Crippen LogP contribution in [0.4, 0.5) is 0 Å². The first kappa shape index (κ1) is 15.0. The number of hydrogen-bond donors (Lipinski definition) is 2. The number of amides is 1. The monoisotopic (exact) mass is 292 g/mol. The maximum Gasteiger partial charge on any atom is 0.264 e. The molecule has 0 aliphatic carbocycles. The minimum atomic E-state index is -3.47. The van der Waals surface area contributed by atoms with Crippen molar-refractivity contribution >= 4 is 27.5 Å². The van der Waals surface area contributed by atoms with E-state index in [2.05, 4.69) is 14.9 Å². The number of primary sulfonamides is 1. The molecule has 9 heteroatoms. The van der Waals surface area contributed by atoms with Crippen LogP contribution < -0.4 is 10.5 Å². The first-order valence-electron chi connectivity index (χ1n) is 5.42. The summed E-state index contributed by atoms with van der Waals surface area (Å²) in [5.41, 5.74) is 0.656. The molecule has 0 bridgehead atoms. The summed E-state index contributed by atoms with van der Waals surface area (Å²) in [4.78, 5) is 12.3. The van der Waals surface area contributed by atoms with Crippen LogP contribution >= 0.6 is 11.5 Å². The number of aromatic nitrogens is 2. The van der Waals surface area contributed by atoms with Gasteiger partial charge in [0.05, 0.1) is 11.4 Å². The quantitative estimate of drug-likeness (QED) is 0.720. The number of nitrogens with one attached hydrogen (secondary N) is 1. The topological polar surface area (TPSA) is 115 Å². The Morgan fingerprint density at radius 2 is 2.17 bits per heavy atom. The van der Waals surface area contributed by atoms with Gasteiger partial charge in [-0.1, -0.05) is 18.3 Å². The molecule has 1 heterocycles. The molecule has 1 amide bonds. The Morgan fingerprint density at radius 3 is 2.72 bits per heavy atom. The van der Waals surface area contributed by atoms with E-state index in [-0.39, 0.29) is 30.5 Å². The summed E-state index contributed by atoms with van der Waals surface area (Å²) in [5.74, 6) is -0.303. The highest BCUT2D eigenvalue weighted by molar-refractivity contribution is 7.89. The SMILES string of the molecule is CC(C)c1nnsc1C(=O)NCCCS(N)(=O)=O. The van der Waals surface area contributed by atoms with E-state index in [1.807, 2.05) is 13.8 Å². The van der Waals surface area contributed by atoms with E-state index in [0.29, 0.717) is 10.6 Å². The second-order valence-corrected chi connectivity index (χ2v) is 6.61. The molecule has 0 saturated carbocycles. The van der Waals surface area contributed by atoms with Gasteiger partial charge in [0.15, 0.2) is 0 Å². The summed E-state index contributed by atoms with van der Waals surface area (Å²) < 4.78 is 25.1. The van der Waals surface area contributed by atoms with E-state index in [0.717, 1.165) is 11.5 Å². The summed E-state index contributed by atoms with van der Waals surface area (Å²) in [6.07, 6.45) is 0.286. The van der Waals surface area contributed by atoms with Crippen LogP contribution in [0.25, 0.3) is 0 Å². The average Bonchev–Trinajstić information content (AvgIpc) is 2.71. The molecule has 7 nitrogen and oxygen atoms in total. The van der Waals surface area contributed by atoms with Gasteiger partial charge in [0, 0.05) is 6.54 Å². The van der Waals surface area contributed by atoms with Crippen LogP contribution in [0.1, 0.15) is 41.6 Å². The fourth-order valence-corrected chi connectivity index (χ4v) is 2.57. The van der Waals surface area contributed by atoms with Gasteiger partial charge in [0.25, 0.3) is 5.91 Å². The van der Waals surface area contributed by atoms with Crippen LogP contribution in [0.2, 0.25) is 0 Å². The molecule has 3 N–H and O–H groups in total. The number of nitrogens with two attached hydrogens (primary N) is 1. The van der Waals surface area contributed by atoms with Gasteiger partial charge >= 0.3 is 0 Å². The number of nitrogens with zero attached hydrogens (tertiary/aromatic N) is 2. The van der Waals surface area contributed by atoms with Gasteiger partial charge in [-0.3, -0.25) is 4.79 Å². The molecule has 0 spiro atoms. The lowest BCUT2D eigenvalue weighted by atomic mass is 10.1. The average molecular weight is 292 g/mol. The van der Waals surface area contributed by atoms with Crippen molar-refractivity contribution < 1.29 is 13.2 Å². The predicted molar refractivity (Wildman–Crippen MR) is 68.9 cm³/mol. The fourth-order valence-electron chi connectivity index (χ4n) is 1.29. The molecule has 1 aromatic heterocycles. The van der Waals surface area contributed by atoms with E-state index in [1.54, 1.807) is 0 Å². The van der Waals surface area contributed by atoms with Gasteiger partial charge in [-0.15, -0.1) is 5.10 Å². The molecule has 0 radical (unpaired) electrons. The first-order valence-corrected chi connectivity index (χ1v) is 7.91. The van der Waals surface area contributed by atoms with Gasteiger partial charge in [0.2, 0.25) is 10.0 Å². The molecule has 1 aromatic rings. The Labute approximate surface area is 110 Å². The molecular formula is C9H16N4O3S2. The number of hydrogen-bond acceptors (Lipinski definition) is 6. The normalized spacial score (nSPS) is 11.8. The second kappa shape index (κ2) is 6.21. The number of carbonyl (C=O) groups excluding carboxylic acids is 1. The van der Waals surface area contributed by atoms with Gasteiger partial charge in [-0.05, 0) is 23.9 Å². The summed E-state index contributed by atoms with van der Waals surface area (Å²) in [5, 5.41) is 11.4. The Morgan fingerprint density at radius 1 is 1.50 bits per heavy atom. The van der Waals surface area contributed by atoms with Crippen molar-refractivity contribution in [3.63, 3.8) is 0 Å². The van der Waals surface area contributed by atoms with E-state index >= 15 is 0 Å². The van der Waals surface area contributed by atoms with E-state index in [9.17, 15) is 13.2 Å². The zero-order valence-corrected chi connectivity index (χ0v) is 11.8. The summed E-state index contributed by atoms with van der Waals surface area (Å²) in [6, 6.07) is 0. The van der Waals surface area contributed by atoms with Crippen molar-refractivity contribution in [3.05, 3.63) is 10.6 Å². The summed E-state index contributed by atoms with van der Waals surface area (Å²) in [6.45, 7) is 4.10. The molecule has 0 unspecified atom stereocenters. The third-order valence-electron chi connectivity index (χ3n) is 2.16. The number of sulfonamides is 1. The van der Waals surface area contributed by atoms with Gasteiger partial charge in [-0.2, -0.15) is 0 Å². The smallest absolute Gasteiger partial charge is 0.264 e. The summed E-state index contributed by atoms with van der Waals surface area (Å²) in [7, 11) is -3.47. The standard InChI is InChI=1S/C9H16N4O3S2/c1-6(2)7-8(17-13-12-7)9(14)11-4-3-5-18(10,15)16/h6H,3-5H2,1-2H3,(H,11,14)(H2,10,15,16). The van der Waals surface area contributed by atoms with Gasteiger partial charge in [-0.25, -0.2) is 13.6 Å². The van der Waals surface area contributed by atoms with E-state index in [4.69, 9.17) is 5.14 Å². The third-order valence-corrected chi connectivity index (χ3v) is 3.76. The maximum atomic E-state index is 11.8. The van der Waals surface area contributed by atoms with Crippen LogP contribution in [-0.2, 0) is 10.0 Å². The Bertz CT molecular complexity index is 510. The lowest BCUT2D eigenvalue weighted by molar-refractivity contribution is 0.0956. The Balaban J connectivity index is 2.48. The molecular weight excluding hydrogens is 276 g/mol. The molecule has 0 fully saturated rings. The van der Waals surface area contributed by atoms with Crippen LogP contribution in [0.5, 0.6) is 0 Å². The Kier molecular flexibility index (Phi) is 5.17. The molecule has 0 aliphatic heterocycles. The highest BCUT2D eigenvalue weighted by atomic mass is 32.2. The number of rotatable bonds is 6. The van der Waals surface area contributed by atoms with Crippen LogP contribution in [0.3, 0.4) is 0 Å². The molecule has 0 aromatic carbocycles. The van der Waals surface area contributed by atoms with Crippen LogP contribution in [0, 0.1) is 0 Å². The van der Waals surface area contributed by atoms with Crippen LogP contribution in [0.15, 0.2) is 0 Å². The Hall–Kier alpha value is -1.06. The molecule has 0 atom stereocenters. The minimum Gasteiger partial charge on any atom is -0.351 e. The van der Waals surface area contributed by atoms with Crippen LogP contribution in [-0.4, -0.2) is 36.2 Å². The van der Waals surface area contributed by atoms with E-state index < -0.39 is 10.0 Å². The number of carbonyl (C=O) groups is 1. The van der Waals surface area contributed by atoms with Crippen molar-refractivity contribution in [2.24, 2.45) is 5.14 Å². The highest BCUT2D eigenvalue weighted by Gasteiger charge is 2.18. The maximum absolute atomic E-state index is 11.8. The molecule has 102 valence electrons. The highest BCUT2D eigenvalue weighted by Crippen LogP contribution is 2.19. The van der Waals surface area contributed by atoms with E-state index in [1.165, 1.54) is 0 Å². The zero-order chi connectivity index (χ0) is 13.8. The first-order chi connectivity index (χ1) is 8.31. The van der Waals surface area contributed by atoms with Crippen molar-refractivity contribution in [2.45, 2.75) is 26.2 Å². The van der Waals surface area contributed by atoms with Crippen molar-refractivity contribution in [2.75, 3.05) is 12.3 Å². The zero-order valence-electron chi connectivity index (χ0n) is 10.2. The minimum absolute atomic E-state index is 0.119. The van der Waals surface area contributed by atoms with Crippen molar-refractivity contribution in [1.29, 1.82) is 0 Å². The largest absolute Gasteiger partial charge is 0.351 e. The lowest BCUT2D eigenvalue weighted by Crippen LogP contribution is -2.27. The summed E-state index contributed by atoms with van der Waals surface area (Å²) >= 11 is 1.03. The molecule has 0 aliphatic rings. The molecule has 1 rings (SSSR count). The van der Waals surface area contributed by atoms with Gasteiger partial charge in [0.1, 0.15) is 4.88 Å². The molecule has 18 heavy (non-hydrogen) atoms. The predicted octanol–water partition coefficient (Wildman–Crippen LogP) is 0.0699. The third kappa shape index (κ3) is 4.67. The molecule has 0 saturated heterocycles. The van der Waals surface area contributed by atoms with Gasteiger partial charge < -0.3 is 5.32 Å². The lowest BCUT2D eigenvalue weighted by Gasteiger charge is -2.05. The second-order valence-electron chi connectivity index (χ2n) is 4.12. The van der Waals surface area contributed by atoms with Crippen molar-refractivity contribution in [1.82, 2.24) is 14.9 Å². The fraction of sp³-hybridized carbons (Fsp3) is 0.667.